The van der Waals surface area contributed by atoms with Crippen LogP contribution in [0.25, 0.3) is 10.1 Å². The van der Waals surface area contributed by atoms with Gasteiger partial charge in [-0.05, 0) is 52.6 Å². The molecule has 3 nitrogen and oxygen atoms in total. The topological polar surface area (TPSA) is 38.3 Å². The van der Waals surface area contributed by atoms with E-state index in [1.165, 1.54) is 15.6 Å². The van der Waals surface area contributed by atoms with Gasteiger partial charge in [0.2, 0.25) is 0 Å². The standard InChI is InChI=1S/C19H17NO2S/c21-19(14-5-6-17-13(11-14)8-10-22-17)20-9-7-15-12-23-18-4-2-1-3-16(15)18/h1-6,11-12H,7-10H2,(H,20,21). The lowest BCUT2D eigenvalue weighted by molar-refractivity contribution is 0.0954. The summed E-state index contributed by atoms with van der Waals surface area (Å²) in [5.74, 6) is 0.894. The van der Waals surface area contributed by atoms with E-state index in [2.05, 4.69) is 35.0 Å². The van der Waals surface area contributed by atoms with Crippen LogP contribution in [0.2, 0.25) is 0 Å². The smallest absolute Gasteiger partial charge is 0.251 e. The molecule has 23 heavy (non-hydrogen) atoms. The number of rotatable bonds is 4. The van der Waals surface area contributed by atoms with Gasteiger partial charge in [0, 0.05) is 23.2 Å². The molecule has 1 amide bonds. The van der Waals surface area contributed by atoms with Gasteiger partial charge in [-0.1, -0.05) is 18.2 Å². The lowest BCUT2D eigenvalue weighted by atomic mass is 10.1. The van der Waals surface area contributed by atoms with Gasteiger partial charge in [-0.2, -0.15) is 0 Å². The molecule has 0 unspecified atom stereocenters. The van der Waals surface area contributed by atoms with Crippen molar-refractivity contribution in [2.75, 3.05) is 13.2 Å². The molecule has 0 aliphatic carbocycles. The molecular formula is C19H17NO2S. The first kappa shape index (κ1) is 14.3. The van der Waals surface area contributed by atoms with Crippen molar-refractivity contribution in [3.8, 4) is 5.75 Å². The molecule has 116 valence electrons. The van der Waals surface area contributed by atoms with Gasteiger partial charge in [0.1, 0.15) is 5.75 Å². The molecule has 0 saturated carbocycles. The van der Waals surface area contributed by atoms with Crippen LogP contribution in [0.15, 0.2) is 47.8 Å². The average molecular weight is 323 g/mol. The minimum Gasteiger partial charge on any atom is -0.493 e. The second kappa shape index (κ2) is 6.05. The molecule has 0 saturated heterocycles. The van der Waals surface area contributed by atoms with Crippen molar-refractivity contribution < 1.29 is 9.53 Å². The molecule has 2 heterocycles. The van der Waals surface area contributed by atoms with Crippen LogP contribution in [0.4, 0.5) is 0 Å². The summed E-state index contributed by atoms with van der Waals surface area (Å²) in [4.78, 5) is 12.3. The van der Waals surface area contributed by atoms with Crippen molar-refractivity contribution in [2.45, 2.75) is 12.8 Å². The highest BCUT2D eigenvalue weighted by Crippen LogP contribution is 2.26. The van der Waals surface area contributed by atoms with Gasteiger partial charge in [0.05, 0.1) is 6.61 Å². The molecule has 1 aliphatic heterocycles. The number of nitrogens with one attached hydrogen (secondary N) is 1. The minimum atomic E-state index is -0.0146. The van der Waals surface area contributed by atoms with Crippen LogP contribution in [0.1, 0.15) is 21.5 Å². The summed E-state index contributed by atoms with van der Waals surface area (Å²) in [6.07, 6.45) is 1.74. The highest BCUT2D eigenvalue weighted by Gasteiger charge is 2.14. The molecule has 0 radical (unpaired) electrons. The Kier molecular flexibility index (Phi) is 3.75. The summed E-state index contributed by atoms with van der Waals surface area (Å²) in [5, 5.41) is 6.50. The van der Waals surface area contributed by atoms with E-state index in [9.17, 15) is 4.79 Å². The third-order valence-corrected chi connectivity index (χ3v) is 5.21. The van der Waals surface area contributed by atoms with E-state index in [1.54, 1.807) is 11.3 Å². The fourth-order valence-electron chi connectivity index (χ4n) is 2.97. The van der Waals surface area contributed by atoms with Crippen molar-refractivity contribution in [3.05, 3.63) is 64.5 Å². The fraction of sp³-hybridized carbons (Fsp3) is 0.211. The van der Waals surface area contributed by atoms with Gasteiger partial charge < -0.3 is 10.1 Å². The molecule has 4 heteroatoms. The largest absolute Gasteiger partial charge is 0.493 e. The zero-order chi connectivity index (χ0) is 15.6. The van der Waals surface area contributed by atoms with E-state index in [0.29, 0.717) is 18.7 Å². The summed E-state index contributed by atoms with van der Waals surface area (Å²) >= 11 is 1.76. The van der Waals surface area contributed by atoms with E-state index in [0.717, 1.165) is 24.2 Å². The summed E-state index contributed by atoms with van der Waals surface area (Å²) in [7, 11) is 0. The molecule has 0 bridgehead atoms. The maximum Gasteiger partial charge on any atom is 0.251 e. The number of carbonyl (C=O) groups excluding carboxylic acids is 1. The van der Waals surface area contributed by atoms with Gasteiger partial charge in [0.25, 0.3) is 5.91 Å². The van der Waals surface area contributed by atoms with Crippen molar-refractivity contribution in [1.29, 1.82) is 0 Å². The quantitative estimate of drug-likeness (QED) is 0.793. The van der Waals surface area contributed by atoms with Gasteiger partial charge in [-0.15, -0.1) is 11.3 Å². The first-order valence-electron chi connectivity index (χ1n) is 7.80. The zero-order valence-corrected chi connectivity index (χ0v) is 13.5. The van der Waals surface area contributed by atoms with Gasteiger partial charge >= 0.3 is 0 Å². The lowest BCUT2D eigenvalue weighted by Gasteiger charge is -2.06. The Morgan fingerprint density at radius 2 is 2.13 bits per heavy atom. The Morgan fingerprint density at radius 1 is 1.22 bits per heavy atom. The Balaban J connectivity index is 1.40. The number of amides is 1. The highest BCUT2D eigenvalue weighted by molar-refractivity contribution is 7.17. The Bertz CT molecular complexity index is 869. The van der Waals surface area contributed by atoms with E-state index >= 15 is 0 Å². The van der Waals surface area contributed by atoms with Crippen LogP contribution in [0.3, 0.4) is 0 Å². The molecule has 4 rings (SSSR count). The Hall–Kier alpha value is -2.33. The summed E-state index contributed by atoms with van der Waals surface area (Å²) in [6.45, 7) is 1.36. The van der Waals surface area contributed by atoms with Crippen molar-refractivity contribution in [2.24, 2.45) is 0 Å². The molecule has 2 aromatic carbocycles. The van der Waals surface area contributed by atoms with Crippen LogP contribution < -0.4 is 10.1 Å². The fourth-order valence-corrected chi connectivity index (χ4v) is 3.96. The van der Waals surface area contributed by atoms with Crippen molar-refractivity contribution in [3.63, 3.8) is 0 Å². The van der Waals surface area contributed by atoms with Crippen LogP contribution in [0, 0.1) is 0 Å². The average Bonchev–Trinajstić information content (AvgIpc) is 3.21. The molecular weight excluding hydrogens is 306 g/mol. The predicted molar refractivity (Wildman–Crippen MR) is 93.5 cm³/mol. The Morgan fingerprint density at radius 3 is 3.09 bits per heavy atom. The summed E-state index contributed by atoms with van der Waals surface area (Å²) in [5.41, 5.74) is 3.14. The molecule has 3 aromatic rings. The maximum atomic E-state index is 12.3. The first-order valence-corrected chi connectivity index (χ1v) is 8.68. The van der Waals surface area contributed by atoms with Crippen molar-refractivity contribution >= 4 is 27.3 Å². The van der Waals surface area contributed by atoms with Crippen LogP contribution in [-0.2, 0) is 12.8 Å². The van der Waals surface area contributed by atoms with E-state index in [4.69, 9.17) is 4.74 Å². The highest BCUT2D eigenvalue weighted by atomic mass is 32.1. The summed E-state index contributed by atoms with van der Waals surface area (Å²) < 4.78 is 6.77. The number of fused-ring (bicyclic) bond motifs is 2. The van der Waals surface area contributed by atoms with Crippen molar-refractivity contribution in [1.82, 2.24) is 5.32 Å². The molecule has 1 aliphatic rings. The maximum absolute atomic E-state index is 12.3. The monoisotopic (exact) mass is 323 g/mol. The third kappa shape index (κ3) is 2.82. The molecule has 1 N–H and O–H groups in total. The lowest BCUT2D eigenvalue weighted by Crippen LogP contribution is -2.25. The Labute approximate surface area is 138 Å². The van der Waals surface area contributed by atoms with Crippen LogP contribution in [0.5, 0.6) is 5.75 Å². The number of carbonyl (C=O) groups is 1. The second-order valence-corrected chi connectivity index (χ2v) is 6.60. The molecule has 0 fully saturated rings. The molecule has 1 aromatic heterocycles. The molecule has 0 atom stereocenters. The van der Waals surface area contributed by atoms with Gasteiger partial charge in [-0.25, -0.2) is 0 Å². The number of ether oxygens (including phenoxy) is 1. The van der Waals surface area contributed by atoms with Crippen LogP contribution >= 0.6 is 11.3 Å². The van der Waals surface area contributed by atoms with Gasteiger partial charge in [-0.3, -0.25) is 4.79 Å². The zero-order valence-electron chi connectivity index (χ0n) is 12.7. The van der Waals surface area contributed by atoms with Gasteiger partial charge in [0.15, 0.2) is 0 Å². The number of thiophene rings is 1. The normalized spacial score (nSPS) is 12.9. The third-order valence-electron chi connectivity index (χ3n) is 4.19. The van der Waals surface area contributed by atoms with E-state index in [-0.39, 0.29) is 5.91 Å². The number of hydrogen-bond donors (Lipinski definition) is 1. The van der Waals surface area contributed by atoms with E-state index < -0.39 is 0 Å². The molecule has 0 spiro atoms. The second-order valence-electron chi connectivity index (χ2n) is 5.68. The summed E-state index contributed by atoms with van der Waals surface area (Å²) in [6, 6.07) is 14.1. The number of benzene rings is 2. The van der Waals surface area contributed by atoms with Crippen LogP contribution in [-0.4, -0.2) is 19.1 Å². The van der Waals surface area contributed by atoms with E-state index in [1.807, 2.05) is 18.2 Å². The SMILES string of the molecule is O=C(NCCc1csc2ccccc12)c1ccc2c(c1)CCO2. The number of hydrogen-bond acceptors (Lipinski definition) is 3. The predicted octanol–water partition coefficient (Wildman–Crippen LogP) is 3.81. The first-order chi connectivity index (χ1) is 11.3. The minimum absolute atomic E-state index is 0.0146.